The summed E-state index contributed by atoms with van der Waals surface area (Å²) in [6, 6.07) is 3.85. The van der Waals surface area contributed by atoms with Crippen LogP contribution in [0.4, 0.5) is 18.9 Å². The Labute approximate surface area is 129 Å². The van der Waals surface area contributed by atoms with E-state index >= 15 is 0 Å². The number of nitrogens with one attached hydrogen (secondary N) is 1. The second kappa shape index (κ2) is 6.66. The van der Waals surface area contributed by atoms with Crippen molar-refractivity contribution in [3.8, 4) is 6.07 Å². The number of rotatable bonds is 4. The topological polar surface area (TPSA) is 99.4 Å². The van der Waals surface area contributed by atoms with Gasteiger partial charge in [-0.3, -0.25) is 4.79 Å². The number of benzene rings is 1. The van der Waals surface area contributed by atoms with Crippen molar-refractivity contribution in [1.29, 1.82) is 5.26 Å². The molecule has 0 spiro atoms. The number of carbonyl (C=O) groups is 2. The van der Waals surface area contributed by atoms with Crippen molar-refractivity contribution < 1.29 is 32.6 Å². The molecule has 1 unspecified atom stereocenters. The van der Waals surface area contributed by atoms with E-state index in [1.54, 1.807) is 0 Å². The highest BCUT2D eigenvalue weighted by molar-refractivity contribution is 6.11. The van der Waals surface area contributed by atoms with Crippen LogP contribution in [0.3, 0.4) is 0 Å². The van der Waals surface area contributed by atoms with E-state index in [0.717, 1.165) is 19.1 Å². The van der Waals surface area contributed by atoms with Gasteiger partial charge >= 0.3 is 12.1 Å². The lowest BCUT2D eigenvalue weighted by molar-refractivity contribution is -0.167. The second-order valence-electron chi connectivity index (χ2n) is 4.62. The molecule has 6 nitrogen and oxygen atoms in total. The Balaban J connectivity index is 3.09. The van der Waals surface area contributed by atoms with Crippen LogP contribution in [0.15, 0.2) is 18.2 Å². The SMILES string of the molecule is CCOC(=O)C(C)(O)C(=O)Nc1ccc(C#N)c(C(F)(F)F)c1. The van der Waals surface area contributed by atoms with Gasteiger partial charge in [-0.2, -0.15) is 18.4 Å². The van der Waals surface area contributed by atoms with E-state index in [1.807, 2.05) is 5.32 Å². The van der Waals surface area contributed by atoms with E-state index < -0.39 is 34.8 Å². The zero-order chi connectivity index (χ0) is 17.8. The normalized spacial score (nSPS) is 13.6. The number of amides is 1. The largest absolute Gasteiger partial charge is 0.463 e. The van der Waals surface area contributed by atoms with Crippen LogP contribution < -0.4 is 5.32 Å². The molecule has 1 aromatic rings. The number of aliphatic hydroxyl groups is 1. The van der Waals surface area contributed by atoms with Crippen molar-refractivity contribution in [3.63, 3.8) is 0 Å². The molecule has 0 aromatic heterocycles. The molecule has 0 aliphatic rings. The number of ether oxygens (including phenoxy) is 1. The van der Waals surface area contributed by atoms with E-state index in [9.17, 15) is 27.9 Å². The van der Waals surface area contributed by atoms with Gasteiger partial charge in [0.1, 0.15) is 0 Å². The molecule has 23 heavy (non-hydrogen) atoms. The monoisotopic (exact) mass is 330 g/mol. The molecule has 2 N–H and O–H groups in total. The number of alkyl halides is 3. The molecular formula is C14H13F3N2O4. The van der Waals surface area contributed by atoms with Crippen molar-refractivity contribution in [3.05, 3.63) is 29.3 Å². The molecule has 0 aliphatic heterocycles. The highest BCUT2D eigenvalue weighted by Gasteiger charge is 2.41. The maximum absolute atomic E-state index is 12.8. The van der Waals surface area contributed by atoms with E-state index in [0.29, 0.717) is 6.07 Å². The number of carbonyl (C=O) groups excluding carboxylic acids is 2. The van der Waals surface area contributed by atoms with Crippen molar-refractivity contribution in [2.45, 2.75) is 25.6 Å². The van der Waals surface area contributed by atoms with E-state index in [1.165, 1.54) is 13.0 Å². The molecule has 0 radical (unpaired) electrons. The van der Waals surface area contributed by atoms with Gasteiger partial charge in [-0.1, -0.05) is 0 Å². The Morgan fingerprint density at radius 1 is 1.39 bits per heavy atom. The molecular weight excluding hydrogens is 317 g/mol. The van der Waals surface area contributed by atoms with Crippen LogP contribution in [-0.4, -0.2) is 29.2 Å². The van der Waals surface area contributed by atoms with Gasteiger partial charge in [0.25, 0.3) is 5.91 Å². The third-order valence-corrected chi connectivity index (χ3v) is 2.82. The van der Waals surface area contributed by atoms with Crippen LogP contribution in [0.1, 0.15) is 25.0 Å². The molecule has 0 bridgehead atoms. The Hall–Kier alpha value is -2.60. The highest BCUT2D eigenvalue weighted by atomic mass is 19.4. The lowest BCUT2D eigenvalue weighted by Gasteiger charge is -2.20. The van der Waals surface area contributed by atoms with Gasteiger partial charge in [-0.05, 0) is 32.0 Å². The van der Waals surface area contributed by atoms with Crippen LogP contribution >= 0.6 is 0 Å². The average Bonchev–Trinajstić information content (AvgIpc) is 2.46. The maximum atomic E-state index is 12.8. The molecule has 0 saturated heterocycles. The minimum atomic E-state index is -4.80. The average molecular weight is 330 g/mol. The quantitative estimate of drug-likeness (QED) is 0.648. The Kier molecular flexibility index (Phi) is 5.34. The Morgan fingerprint density at radius 3 is 2.48 bits per heavy atom. The first kappa shape index (κ1) is 18.4. The predicted octanol–water partition coefficient (Wildman–Crippen LogP) is 1.83. The van der Waals surface area contributed by atoms with Crippen LogP contribution in [0.5, 0.6) is 0 Å². The third-order valence-electron chi connectivity index (χ3n) is 2.82. The molecule has 9 heteroatoms. The number of hydrogen-bond donors (Lipinski definition) is 2. The summed E-state index contributed by atoms with van der Waals surface area (Å²) in [7, 11) is 0. The second-order valence-corrected chi connectivity index (χ2v) is 4.62. The summed E-state index contributed by atoms with van der Waals surface area (Å²) in [6.07, 6.45) is -4.80. The van der Waals surface area contributed by atoms with Gasteiger partial charge in [0.05, 0.1) is 23.8 Å². The molecule has 1 aromatic carbocycles. The zero-order valence-corrected chi connectivity index (χ0v) is 12.2. The fraction of sp³-hybridized carbons (Fsp3) is 0.357. The smallest absolute Gasteiger partial charge is 0.417 e. The number of hydrogen-bond acceptors (Lipinski definition) is 5. The molecule has 0 fully saturated rings. The molecule has 1 amide bonds. The summed E-state index contributed by atoms with van der Waals surface area (Å²) >= 11 is 0. The van der Waals surface area contributed by atoms with Crippen LogP contribution in [0, 0.1) is 11.3 Å². The van der Waals surface area contributed by atoms with Crippen LogP contribution in [0.2, 0.25) is 0 Å². The molecule has 1 atom stereocenters. The molecule has 0 heterocycles. The first-order chi connectivity index (χ1) is 10.5. The van der Waals surface area contributed by atoms with Crippen molar-refractivity contribution >= 4 is 17.6 Å². The van der Waals surface area contributed by atoms with Crippen molar-refractivity contribution in [2.75, 3.05) is 11.9 Å². The van der Waals surface area contributed by atoms with E-state index in [4.69, 9.17) is 5.26 Å². The van der Waals surface area contributed by atoms with E-state index in [-0.39, 0.29) is 12.3 Å². The fourth-order valence-electron chi connectivity index (χ4n) is 1.57. The van der Waals surface area contributed by atoms with Gasteiger partial charge < -0.3 is 15.2 Å². The number of nitrogens with zero attached hydrogens (tertiary/aromatic N) is 1. The lowest BCUT2D eigenvalue weighted by Crippen LogP contribution is -2.48. The Bertz CT molecular complexity index is 663. The highest BCUT2D eigenvalue weighted by Crippen LogP contribution is 2.33. The van der Waals surface area contributed by atoms with Crippen molar-refractivity contribution in [1.82, 2.24) is 0 Å². The van der Waals surface area contributed by atoms with Crippen LogP contribution in [-0.2, 0) is 20.5 Å². The maximum Gasteiger partial charge on any atom is 0.417 e. The Morgan fingerprint density at radius 2 is 2.00 bits per heavy atom. The van der Waals surface area contributed by atoms with Gasteiger partial charge in [-0.15, -0.1) is 0 Å². The number of halogens is 3. The third kappa shape index (κ3) is 4.20. The first-order valence-electron chi connectivity index (χ1n) is 6.36. The lowest BCUT2D eigenvalue weighted by atomic mass is 10.0. The summed E-state index contributed by atoms with van der Waals surface area (Å²) in [4.78, 5) is 23.3. The number of anilines is 1. The predicted molar refractivity (Wildman–Crippen MR) is 72.0 cm³/mol. The molecule has 0 saturated carbocycles. The van der Waals surface area contributed by atoms with Crippen LogP contribution in [0.25, 0.3) is 0 Å². The molecule has 0 aliphatic carbocycles. The first-order valence-corrected chi connectivity index (χ1v) is 6.36. The van der Waals surface area contributed by atoms with Gasteiger partial charge in [0.2, 0.25) is 5.60 Å². The summed E-state index contributed by atoms with van der Waals surface area (Å²) in [6.45, 7) is 2.23. The van der Waals surface area contributed by atoms with Gasteiger partial charge in [0, 0.05) is 5.69 Å². The summed E-state index contributed by atoms with van der Waals surface area (Å²) in [5.41, 5.74) is -4.76. The molecule has 1 rings (SSSR count). The summed E-state index contributed by atoms with van der Waals surface area (Å²) in [5, 5.41) is 20.5. The van der Waals surface area contributed by atoms with E-state index in [2.05, 4.69) is 4.74 Å². The summed E-state index contributed by atoms with van der Waals surface area (Å²) < 4.78 is 43.0. The standard InChI is InChI=1S/C14H13F3N2O4/c1-3-23-12(21)13(2,22)11(20)19-9-5-4-8(7-18)10(6-9)14(15,16)17/h4-6,22H,3H2,1-2H3,(H,19,20). The fourth-order valence-corrected chi connectivity index (χ4v) is 1.57. The molecule has 124 valence electrons. The van der Waals surface area contributed by atoms with Crippen molar-refractivity contribution in [2.24, 2.45) is 0 Å². The van der Waals surface area contributed by atoms with Gasteiger partial charge in [-0.25, -0.2) is 4.79 Å². The zero-order valence-electron chi connectivity index (χ0n) is 12.2. The van der Waals surface area contributed by atoms with Gasteiger partial charge in [0.15, 0.2) is 0 Å². The number of nitriles is 1. The number of esters is 1. The summed E-state index contributed by atoms with van der Waals surface area (Å²) in [5.74, 6) is -2.49. The minimum Gasteiger partial charge on any atom is -0.463 e. The minimum absolute atomic E-state index is 0.0860.